The fourth-order valence-corrected chi connectivity index (χ4v) is 7.73. The summed E-state index contributed by atoms with van der Waals surface area (Å²) >= 11 is 0. The monoisotopic (exact) mass is 660 g/mol. The molecule has 242 valence electrons. The minimum absolute atomic E-state index is 0.0991. The molecule has 0 spiro atoms. The van der Waals surface area contributed by atoms with Gasteiger partial charge in [0.2, 0.25) is 0 Å². The zero-order valence-electron chi connectivity index (χ0n) is 27.2. The Labute approximate surface area is 291 Å². The van der Waals surface area contributed by atoms with Crippen LogP contribution < -0.4 is 9.64 Å². The van der Waals surface area contributed by atoms with E-state index in [1.807, 2.05) is 36.4 Å². The van der Waals surface area contributed by atoms with Crippen LogP contribution >= 0.6 is 0 Å². The second-order valence-corrected chi connectivity index (χ2v) is 13.0. The van der Waals surface area contributed by atoms with E-state index in [4.69, 9.17) is 23.8 Å². The van der Waals surface area contributed by atoms with Gasteiger partial charge in [0, 0.05) is 51.6 Å². The molecule has 3 aromatic heterocycles. The van der Waals surface area contributed by atoms with Crippen LogP contribution in [-0.2, 0) is 0 Å². The average molecular weight is 661 g/mol. The Morgan fingerprint density at radius 1 is 0.627 bits per heavy atom. The molecular weight excluding hydrogens is 633 g/mol. The van der Waals surface area contributed by atoms with Gasteiger partial charge in [-0.1, -0.05) is 66.7 Å². The number of hydrogen-bond donors (Lipinski definition) is 0. The number of allylic oxidation sites excluding steroid dienone is 1. The zero-order valence-corrected chi connectivity index (χ0v) is 27.2. The molecule has 11 rings (SSSR count). The first-order chi connectivity index (χ1) is 25.2. The van der Waals surface area contributed by atoms with Crippen LogP contribution in [0.3, 0.4) is 0 Å². The first kappa shape index (κ1) is 28.0. The number of rotatable bonds is 5. The number of anilines is 2. The topological polar surface area (TPSA) is 69.5 Å². The molecule has 7 heteroatoms. The van der Waals surface area contributed by atoms with E-state index in [1.165, 1.54) is 21.7 Å². The third-order valence-corrected chi connectivity index (χ3v) is 10.1. The molecule has 0 N–H and O–H groups in total. The van der Waals surface area contributed by atoms with Crippen molar-refractivity contribution in [1.82, 2.24) is 15.0 Å². The van der Waals surface area contributed by atoms with E-state index in [0.717, 1.165) is 67.4 Å². The van der Waals surface area contributed by atoms with Crippen LogP contribution in [0.1, 0.15) is 11.5 Å². The summed E-state index contributed by atoms with van der Waals surface area (Å²) < 4.78 is 18.5. The number of aromatic nitrogens is 3. The molecule has 0 saturated heterocycles. The Bertz CT molecular complexity index is 2800. The molecule has 1 aliphatic carbocycles. The van der Waals surface area contributed by atoms with Crippen LogP contribution in [0.2, 0.25) is 0 Å². The van der Waals surface area contributed by atoms with Gasteiger partial charge in [-0.25, -0.2) is 0 Å². The lowest BCUT2D eigenvalue weighted by Crippen LogP contribution is -2.24. The molecule has 6 aromatic carbocycles. The molecule has 51 heavy (non-hydrogen) atoms. The van der Waals surface area contributed by atoms with Gasteiger partial charge in [-0.3, -0.25) is 0 Å². The summed E-state index contributed by atoms with van der Waals surface area (Å²) in [5.41, 5.74) is 9.33. The minimum atomic E-state index is -0.158. The van der Waals surface area contributed by atoms with Crippen LogP contribution in [0.25, 0.3) is 60.8 Å². The molecule has 0 fully saturated rings. The largest absolute Gasteiger partial charge is 0.484 e. The SMILES string of the molecule is C1=CC2c3c(c4ccccc4c4ccccc34)OC2C=C1N(c1ccc(-c2cc3occc3o2)cc1)c1ccc(-n2nc3ccccc3n2)cc1. The summed E-state index contributed by atoms with van der Waals surface area (Å²) in [6.45, 7) is 0. The quantitative estimate of drug-likeness (QED) is 0.171. The highest BCUT2D eigenvalue weighted by molar-refractivity contribution is 6.13. The smallest absolute Gasteiger partial charge is 0.173 e. The van der Waals surface area contributed by atoms with Crippen LogP contribution in [0.5, 0.6) is 5.75 Å². The predicted molar refractivity (Wildman–Crippen MR) is 201 cm³/mol. The van der Waals surface area contributed by atoms with Crippen LogP contribution in [0, 0.1) is 0 Å². The highest BCUT2D eigenvalue weighted by atomic mass is 16.5. The van der Waals surface area contributed by atoms with E-state index in [-0.39, 0.29) is 12.0 Å². The zero-order chi connectivity index (χ0) is 33.5. The fourth-order valence-electron chi connectivity index (χ4n) is 7.73. The molecule has 2 aliphatic rings. The number of ether oxygens (including phenoxy) is 1. The molecular formula is C44H28N4O3. The molecule has 2 atom stereocenters. The number of hydrogen-bond acceptors (Lipinski definition) is 6. The summed E-state index contributed by atoms with van der Waals surface area (Å²) in [5.74, 6) is 1.84. The van der Waals surface area contributed by atoms with Gasteiger partial charge < -0.3 is 18.5 Å². The van der Waals surface area contributed by atoms with E-state index in [1.54, 1.807) is 11.1 Å². The number of nitrogens with zero attached hydrogens (tertiary/aromatic N) is 4. The van der Waals surface area contributed by atoms with Gasteiger partial charge in [0.25, 0.3) is 0 Å². The van der Waals surface area contributed by atoms with Gasteiger partial charge in [-0.2, -0.15) is 4.80 Å². The van der Waals surface area contributed by atoms with E-state index < -0.39 is 0 Å². The molecule has 9 aromatic rings. The van der Waals surface area contributed by atoms with E-state index >= 15 is 0 Å². The summed E-state index contributed by atoms with van der Waals surface area (Å²) in [5, 5.41) is 14.2. The van der Waals surface area contributed by atoms with Crippen LogP contribution in [0.4, 0.5) is 11.4 Å². The van der Waals surface area contributed by atoms with Gasteiger partial charge in [-0.05, 0) is 89.0 Å². The lowest BCUT2D eigenvalue weighted by Gasteiger charge is -2.30. The maximum atomic E-state index is 6.89. The van der Waals surface area contributed by atoms with Crippen molar-refractivity contribution in [3.05, 3.63) is 169 Å². The summed E-state index contributed by atoms with van der Waals surface area (Å²) in [7, 11) is 0. The maximum absolute atomic E-state index is 6.89. The van der Waals surface area contributed by atoms with Crippen molar-refractivity contribution < 1.29 is 13.6 Å². The second kappa shape index (κ2) is 10.8. The van der Waals surface area contributed by atoms with E-state index in [9.17, 15) is 0 Å². The number of furan rings is 2. The maximum Gasteiger partial charge on any atom is 0.173 e. The Morgan fingerprint density at radius 3 is 2.00 bits per heavy atom. The van der Waals surface area contributed by atoms with Crippen molar-refractivity contribution >= 4 is 55.1 Å². The average Bonchev–Trinajstić information content (AvgIpc) is 3.98. The lowest BCUT2D eigenvalue weighted by atomic mass is 9.85. The second-order valence-electron chi connectivity index (χ2n) is 13.0. The van der Waals surface area contributed by atoms with Gasteiger partial charge in [-0.15, -0.1) is 10.2 Å². The Balaban J connectivity index is 1.00. The molecule has 0 radical (unpaired) electrons. The normalized spacial score (nSPS) is 16.4. The summed E-state index contributed by atoms with van der Waals surface area (Å²) in [6, 6.07) is 45.7. The van der Waals surface area contributed by atoms with Gasteiger partial charge >= 0.3 is 0 Å². The van der Waals surface area contributed by atoms with Gasteiger partial charge in [0.15, 0.2) is 11.2 Å². The fraction of sp³-hybridized carbons (Fsp3) is 0.0455. The third-order valence-electron chi connectivity index (χ3n) is 10.1. The molecule has 0 bridgehead atoms. The van der Waals surface area contributed by atoms with Crippen molar-refractivity contribution in [2.75, 3.05) is 4.90 Å². The molecule has 7 nitrogen and oxygen atoms in total. The van der Waals surface area contributed by atoms with Gasteiger partial charge in [0.1, 0.15) is 28.6 Å². The molecule has 0 amide bonds. The van der Waals surface area contributed by atoms with Crippen LogP contribution in [-0.4, -0.2) is 21.1 Å². The molecule has 4 heterocycles. The lowest BCUT2D eigenvalue weighted by molar-refractivity contribution is 0.270. The molecule has 1 aliphatic heterocycles. The molecule has 0 saturated carbocycles. The summed E-state index contributed by atoms with van der Waals surface area (Å²) in [4.78, 5) is 3.96. The Morgan fingerprint density at radius 2 is 1.27 bits per heavy atom. The Kier molecular flexibility index (Phi) is 5.95. The first-order valence-electron chi connectivity index (χ1n) is 17.1. The van der Waals surface area contributed by atoms with E-state index in [2.05, 4.69) is 120 Å². The standard InChI is InChI=1S/C44H28N4O3/c1-3-9-34-32(7-1)33-8-2-4-10-35(33)44-43(34)36-22-21-31(25-41(36)51-44)47(28-15-13-27(14-16-28)40-26-42-39(50-40)23-24-49-42)29-17-19-30(20-18-29)48-45-37-11-5-6-12-38(37)46-48/h1-26,36,41H. The van der Waals surface area contributed by atoms with Crippen LogP contribution in [0.15, 0.2) is 172 Å². The minimum Gasteiger partial charge on any atom is -0.484 e. The molecule has 2 unspecified atom stereocenters. The van der Waals surface area contributed by atoms with E-state index in [0.29, 0.717) is 0 Å². The highest BCUT2D eigenvalue weighted by Gasteiger charge is 2.37. The number of fused-ring (bicyclic) bond motifs is 10. The van der Waals surface area contributed by atoms with Crippen molar-refractivity contribution in [2.24, 2.45) is 0 Å². The highest BCUT2D eigenvalue weighted by Crippen LogP contribution is 2.51. The third kappa shape index (κ3) is 4.38. The van der Waals surface area contributed by atoms with Crippen molar-refractivity contribution in [3.8, 4) is 22.8 Å². The number of benzene rings is 6. The summed E-state index contributed by atoms with van der Waals surface area (Å²) in [6.07, 6.45) is 8.28. The van der Waals surface area contributed by atoms with Gasteiger partial charge in [0.05, 0.1) is 12.0 Å². The van der Waals surface area contributed by atoms with Crippen molar-refractivity contribution in [3.63, 3.8) is 0 Å². The first-order valence-corrected chi connectivity index (χ1v) is 17.1. The predicted octanol–water partition coefficient (Wildman–Crippen LogP) is 10.9. The van der Waals surface area contributed by atoms with Crippen molar-refractivity contribution in [1.29, 1.82) is 0 Å². The van der Waals surface area contributed by atoms with Crippen molar-refractivity contribution in [2.45, 2.75) is 12.0 Å². The Hall–Kier alpha value is -6.86.